The normalized spacial score (nSPS) is 26.8. The zero-order valence-corrected chi connectivity index (χ0v) is 8.90. The maximum Gasteiger partial charge on any atom is 0.351 e. The number of ether oxygens (including phenoxy) is 1. The van der Waals surface area contributed by atoms with Crippen LogP contribution < -0.4 is 11.5 Å². The van der Waals surface area contributed by atoms with Gasteiger partial charge in [-0.25, -0.2) is 4.79 Å². The van der Waals surface area contributed by atoms with E-state index in [9.17, 15) is 13.6 Å². The minimum absolute atomic E-state index is 0.111. The fourth-order valence-corrected chi connectivity index (χ4v) is 1.53. The molecule has 2 rings (SSSR count). The molecule has 0 aromatic carbocycles. The van der Waals surface area contributed by atoms with Crippen molar-refractivity contribution in [1.29, 1.82) is 0 Å². The van der Waals surface area contributed by atoms with Crippen LogP contribution in [-0.4, -0.2) is 33.3 Å². The molecule has 1 saturated heterocycles. The molecule has 8 nitrogen and oxygen atoms in total. The van der Waals surface area contributed by atoms with Crippen LogP contribution in [0.1, 0.15) is 6.23 Å². The Labute approximate surface area is 98.7 Å². The smallest absolute Gasteiger partial charge is 0.351 e. The van der Waals surface area contributed by atoms with Crippen molar-refractivity contribution in [2.45, 2.75) is 18.3 Å². The Morgan fingerprint density at radius 3 is 2.89 bits per heavy atom. The highest BCUT2D eigenvalue weighted by molar-refractivity contribution is 5.22. The fourth-order valence-electron chi connectivity index (χ4n) is 1.53. The topological polar surface area (TPSA) is 115 Å². The van der Waals surface area contributed by atoms with E-state index < -0.39 is 30.6 Å². The van der Waals surface area contributed by atoms with Gasteiger partial charge >= 0.3 is 11.6 Å². The predicted octanol–water partition coefficient (Wildman–Crippen LogP) is -0.274. The van der Waals surface area contributed by atoms with E-state index in [0.29, 0.717) is 4.57 Å². The largest absolute Gasteiger partial charge is 0.384 e. The zero-order chi connectivity index (χ0) is 13.3. The van der Waals surface area contributed by atoms with Gasteiger partial charge in [0, 0.05) is 12.3 Å². The lowest BCUT2D eigenvalue weighted by Crippen LogP contribution is -2.40. The van der Waals surface area contributed by atoms with Gasteiger partial charge in [0.15, 0.2) is 5.82 Å². The third kappa shape index (κ3) is 1.95. The Hall–Kier alpha value is -1.94. The summed E-state index contributed by atoms with van der Waals surface area (Å²) >= 11 is 0. The molecule has 98 valence electrons. The summed E-state index contributed by atoms with van der Waals surface area (Å²) in [6, 6.07) is 1.17. The summed E-state index contributed by atoms with van der Waals surface area (Å²) in [6.45, 7) is -0.561. The molecular weight excluding hydrogens is 252 g/mol. The Bertz CT molecular complexity index is 532. The van der Waals surface area contributed by atoms with Gasteiger partial charge in [0.25, 0.3) is 0 Å². The number of hydrogen-bond acceptors (Lipinski definition) is 6. The Kier molecular flexibility index (Phi) is 3.05. The summed E-state index contributed by atoms with van der Waals surface area (Å²) in [7, 11) is 0. The number of halogens is 2. The molecule has 1 aliphatic heterocycles. The molecule has 1 aromatic rings. The van der Waals surface area contributed by atoms with Crippen LogP contribution in [0.3, 0.4) is 0 Å². The summed E-state index contributed by atoms with van der Waals surface area (Å²) in [4.78, 5) is 14.9. The van der Waals surface area contributed by atoms with Crippen molar-refractivity contribution in [3.05, 3.63) is 22.7 Å². The minimum atomic E-state index is -3.57. The maximum atomic E-state index is 13.5. The van der Waals surface area contributed by atoms with E-state index >= 15 is 0 Å². The number of aromatic nitrogens is 2. The number of rotatable bonds is 2. The quantitative estimate of drug-likeness (QED) is 0.432. The Balaban J connectivity index is 2.38. The van der Waals surface area contributed by atoms with Crippen LogP contribution in [0.4, 0.5) is 14.6 Å². The molecule has 1 aliphatic rings. The average molecular weight is 261 g/mol. The lowest BCUT2D eigenvalue weighted by Gasteiger charge is -2.20. The first-order valence-corrected chi connectivity index (χ1v) is 4.84. The van der Waals surface area contributed by atoms with Crippen LogP contribution in [0.2, 0.25) is 0 Å². The number of aliphatic hydroxyl groups is 1. The summed E-state index contributed by atoms with van der Waals surface area (Å²) in [5.74, 6) is 1.09. The lowest BCUT2D eigenvalue weighted by atomic mass is 10.2. The first-order valence-electron chi connectivity index (χ1n) is 4.84. The molecule has 18 heavy (non-hydrogen) atoms. The van der Waals surface area contributed by atoms with Crippen molar-refractivity contribution in [2.24, 2.45) is 16.2 Å². The molecule has 2 atom stereocenters. The van der Waals surface area contributed by atoms with Crippen LogP contribution in [0.25, 0.3) is 0 Å². The molecule has 0 radical (unpaired) electrons. The standard InChI is InChI=1S/C8H9F2N5O3/c9-8(10)4(16)3-18-6(8)15-2-1-5(13-14-11)12-7(15)17/h1-2,4,6,16H,3H2,(H2,11,12,13,17)/t4-,6-/m1/s1. The van der Waals surface area contributed by atoms with Gasteiger partial charge in [-0.1, -0.05) is 5.22 Å². The molecule has 0 spiro atoms. The fraction of sp³-hybridized carbons (Fsp3) is 0.500. The molecule has 0 aliphatic carbocycles. The molecule has 1 fully saturated rings. The van der Waals surface area contributed by atoms with E-state index in [-0.39, 0.29) is 5.82 Å². The van der Waals surface area contributed by atoms with Crippen molar-refractivity contribution in [1.82, 2.24) is 9.55 Å². The first-order chi connectivity index (χ1) is 8.46. The number of alkyl halides is 2. The van der Waals surface area contributed by atoms with Crippen LogP contribution in [0.15, 0.2) is 27.4 Å². The van der Waals surface area contributed by atoms with Crippen molar-refractivity contribution in [3.63, 3.8) is 0 Å². The van der Waals surface area contributed by atoms with Crippen molar-refractivity contribution in [3.8, 4) is 0 Å². The van der Waals surface area contributed by atoms with E-state index in [0.717, 1.165) is 6.20 Å². The van der Waals surface area contributed by atoms with Gasteiger partial charge in [-0.05, 0) is 0 Å². The molecule has 0 amide bonds. The molecule has 1 aromatic heterocycles. The number of nitrogens with two attached hydrogens (primary N) is 1. The van der Waals surface area contributed by atoms with E-state index in [2.05, 4.69) is 15.3 Å². The number of hydrogen-bond donors (Lipinski definition) is 2. The molecule has 10 heteroatoms. The second kappa shape index (κ2) is 4.38. The van der Waals surface area contributed by atoms with Crippen molar-refractivity contribution < 1.29 is 18.6 Å². The minimum Gasteiger partial charge on any atom is -0.384 e. The van der Waals surface area contributed by atoms with Crippen molar-refractivity contribution >= 4 is 5.82 Å². The van der Waals surface area contributed by atoms with Crippen molar-refractivity contribution in [2.75, 3.05) is 6.61 Å². The molecule has 2 heterocycles. The van der Waals surface area contributed by atoms with E-state index in [4.69, 9.17) is 15.7 Å². The summed E-state index contributed by atoms with van der Waals surface area (Å²) in [5, 5.41) is 15.3. The molecule has 3 N–H and O–H groups in total. The maximum absolute atomic E-state index is 13.5. The van der Waals surface area contributed by atoms with Crippen LogP contribution in [0.5, 0.6) is 0 Å². The third-order valence-corrected chi connectivity index (χ3v) is 2.41. The molecule has 0 bridgehead atoms. The SMILES string of the molecule is NN=Nc1ccn([C@@H]2OC[C@@H](O)C2(F)F)c(=O)n1. The van der Waals surface area contributed by atoms with Crippen LogP contribution in [0, 0.1) is 0 Å². The summed E-state index contributed by atoms with van der Waals surface area (Å²) in [6.07, 6.45) is -2.83. The second-order valence-electron chi connectivity index (χ2n) is 3.57. The lowest BCUT2D eigenvalue weighted by molar-refractivity contribution is -0.140. The van der Waals surface area contributed by atoms with E-state index in [1.165, 1.54) is 6.07 Å². The summed E-state index contributed by atoms with van der Waals surface area (Å²) < 4.78 is 32.3. The number of nitrogens with zero attached hydrogens (tertiary/aromatic N) is 4. The Morgan fingerprint density at radius 2 is 2.39 bits per heavy atom. The molecule has 0 unspecified atom stereocenters. The Morgan fingerprint density at radius 1 is 1.67 bits per heavy atom. The second-order valence-corrected chi connectivity index (χ2v) is 3.57. The monoisotopic (exact) mass is 261 g/mol. The van der Waals surface area contributed by atoms with Crippen LogP contribution in [-0.2, 0) is 4.74 Å². The van der Waals surface area contributed by atoms with Gasteiger partial charge in [-0.15, -0.1) is 5.11 Å². The highest BCUT2D eigenvalue weighted by Crippen LogP contribution is 2.38. The molecular formula is C8H9F2N5O3. The summed E-state index contributed by atoms with van der Waals surface area (Å²) in [5.41, 5.74) is -1.00. The predicted molar refractivity (Wildman–Crippen MR) is 53.1 cm³/mol. The van der Waals surface area contributed by atoms with Gasteiger partial charge in [0.1, 0.15) is 6.10 Å². The van der Waals surface area contributed by atoms with Gasteiger partial charge in [-0.3, -0.25) is 4.57 Å². The van der Waals surface area contributed by atoms with Gasteiger partial charge < -0.3 is 15.7 Å². The van der Waals surface area contributed by atoms with Gasteiger partial charge in [0.05, 0.1) is 6.61 Å². The van der Waals surface area contributed by atoms with Crippen LogP contribution >= 0.6 is 0 Å². The molecule has 0 saturated carbocycles. The first kappa shape index (κ1) is 12.5. The average Bonchev–Trinajstić information content (AvgIpc) is 2.56. The van der Waals surface area contributed by atoms with E-state index in [1.807, 2.05) is 0 Å². The van der Waals surface area contributed by atoms with Gasteiger partial charge in [-0.2, -0.15) is 13.8 Å². The number of aliphatic hydroxyl groups excluding tert-OH is 1. The third-order valence-electron chi connectivity index (χ3n) is 2.41. The van der Waals surface area contributed by atoms with E-state index in [1.54, 1.807) is 0 Å². The van der Waals surface area contributed by atoms with Gasteiger partial charge in [0.2, 0.25) is 6.23 Å². The highest BCUT2D eigenvalue weighted by atomic mass is 19.3. The highest BCUT2D eigenvalue weighted by Gasteiger charge is 2.54. The zero-order valence-electron chi connectivity index (χ0n) is 8.90.